The lowest BCUT2D eigenvalue weighted by Gasteiger charge is -2.21. The van der Waals surface area contributed by atoms with Gasteiger partial charge >= 0.3 is 11.9 Å². The summed E-state index contributed by atoms with van der Waals surface area (Å²) in [5, 5.41) is 38.5. The molecule has 2 aromatic carbocycles. The number of hydrogen-bond donors (Lipinski definition) is 4. The third-order valence-corrected chi connectivity index (χ3v) is 4.48. The molecule has 138 valence electrons. The number of hydrogen-bond acceptors (Lipinski definition) is 6. The molecular formula is C19H14O8. The number of fused-ring (bicyclic) bond motifs is 2. The number of phenolic OH excluding ortho intramolecular Hbond substituents is 2. The Labute approximate surface area is 152 Å². The number of carbonyl (C=O) groups is 4. The first-order chi connectivity index (χ1) is 12.7. The Kier molecular flexibility index (Phi) is 4.40. The molecule has 0 aliphatic heterocycles. The standard InChI is InChI=1S/C19H14O8/c20-13(21)7-9(19(26)27)5-8-6-12-14(18(25)15(8)22)17(24)11-4-2-1-3-10(11)16(12)23/h1-4,6,9,22,25H,5,7H2,(H,20,21)(H,26,27). The SMILES string of the molecule is O=C(O)CC(Cc1cc2c(c(O)c1O)C(=O)c1ccccc1C2=O)C(=O)O. The van der Waals surface area contributed by atoms with E-state index in [-0.39, 0.29) is 27.8 Å². The van der Waals surface area contributed by atoms with Crippen molar-refractivity contribution in [3.63, 3.8) is 0 Å². The molecule has 1 aliphatic carbocycles. The van der Waals surface area contributed by atoms with Crippen molar-refractivity contribution in [2.24, 2.45) is 5.92 Å². The number of carboxylic acid groups (broad SMARTS) is 2. The van der Waals surface area contributed by atoms with Gasteiger partial charge in [0.25, 0.3) is 0 Å². The van der Waals surface area contributed by atoms with Gasteiger partial charge in [-0.25, -0.2) is 0 Å². The van der Waals surface area contributed by atoms with Gasteiger partial charge in [0.1, 0.15) is 0 Å². The second-order valence-electron chi connectivity index (χ2n) is 6.20. The average molecular weight is 370 g/mol. The van der Waals surface area contributed by atoms with E-state index in [0.29, 0.717) is 0 Å². The van der Waals surface area contributed by atoms with E-state index in [0.717, 1.165) is 6.07 Å². The summed E-state index contributed by atoms with van der Waals surface area (Å²) in [6, 6.07) is 7.15. The topological polar surface area (TPSA) is 149 Å². The van der Waals surface area contributed by atoms with Crippen molar-refractivity contribution in [2.75, 3.05) is 0 Å². The first-order valence-electron chi connectivity index (χ1n) is 7.93. The van der Waals surface area contributed by atoms with E-state index in [2.05, 4.69) is 0 Å². The predicted octanol–water partition coefficient (Wildman–Crippen LogP) is 1.59. The molecule has 0 saturated carbocycles. The van der Waals surface area contributed by atoms with Crippen LogP contribution in [0.25, 0.3) is 0 Å². The molecule has 0 saturated heterocycles. The number of rotatable bonds is 5. The molecule has 0 fully saturated rings. The lowest BCUT2D eigenvalue weighted by molar-refractivity contribution is -0.148. The van der Waals surface area contributed by atoms with E-state index >= 15 is 0 Å². The average Bonchev–Trinajstić information content (AvgIpc) is 2.62. The summed E-state index contributed by atoms with van der Waals surface area (Å²) in [5.74, 6) is -6.89. The Morgan fingerprint density at radius 2 is 1.48 bits per heavy atom. The molecule has 0 bridgehead atoms. The third-order valence-electron chi connectivity index (χ3n) is 4.48. The Morgan fingerprint density at radius 3 is 2.04 bits per heavy atom. The smallest absolute Gasteiger partial charge is 0.307 e. The Morgan fingerprint density at radius 1 is 0.889 bits per heavy atom. The van der Waals surface area contributed by atoms with E-state index in [1.807, 2.05) is 0 Å². The molecule has 0 amide bonds. The largest absolute Gasteiger partial charge is 0.504 e. The minimum atomic E-state index is -1.40. The van der Waals surface area contributed by atoms with E-state index in [4.69, 9.17) is 5.11 Å². The lowest BCUT2D eigenvalue weighted by Crippen LogP contribution is -2.23. The maximum Gasteiger partial charge on any atom is 0.307 e. The summed E-state index contributed by atoms with van der Waals surface area (Å²) in [5.41, 5.74) is -0.424. The maximum atomic E-state index is 12.7. The van der Waals surface area contributed by atoms with Gasteiger partial charge in [-0.3, -0.25) is 19.2 Å². The van der Waals surface area contributed by atoms with Crippen LogP contribution in [0, 0.1) is 5.92 Å². The van der Waals surface area contributed by atoms with Gasteiger partial charge in [0.2, 0.25) is 0 Å². The van der Waals surface area contributed by atoms with Crippen molar-refractivity contribution in [1.82, 2.24) is 0 Å². The second kappa shape index (κ2) is 6.56. The van der Waals surface area contributed by atoms with E-state index in [1.165, 1.54) is 12.1 Å². The molecular weight excluding hydrogens is 356 g/mol. The van der Waals surface area contributed by atoms with Crippen LogP contribution in [0.4, 0.5) is 0 Å². The highest BCUT2D eigenvalue weighted by atomic mass is 16.4. The maximum absolute atomic E-state index is 12.7. The number of aromatic hydroxyl groups is 2. The zero-order chi connectivity index (χ0) is 19.9. The van der Waals surface area contributed by atoms with Crippen molar-refractivity contribution in [3.8, 4) is 11.5 Å². The molecule has 1 unspecified atom stereocenters. The van der Waals surface area contributed by atoms with Crippen molar-refractivity contribution < 1.29 is 39.6 Å². The van der Waals surface area contributed by atoms with Gasteiger partial charge in [0.05, 0.1) is 17.9 Å². The highest BCUT2D eigenvalue weighted by Crippen LogP contribution is 2.41. The number of ketones is 2. The Bertz CT molecular complexity index is 1010. The molecule has 1 atom stereocenters. The minimum absolute atomic E-state index is 0.0896. The summed E-state index contributed by atoms with van der Waals surface area (Å²) < 4.78 is 0. The van der Waals surface area contributed by atoms with Crippen molar-refractivity contribution >= 4 is 23.5 Å². The van der Waals surface area contributed by atoms with Crippen LogP contribution in [0.2, 0.25) is 0 Å². The number of carboxylic acids is 2. The first-order valence-corrected chi connectivity index (χ1v) is 7.93. The summed E-state index contributed by atoms with van der Waals surface area (Å²) in [6.07, 6.45) is -1.14. The fourth-order valence-electron chi connectivity index (χ4n) is 3.16. The van der Waals surface area contributed by atoms with Gasteiger partial charge < -0.3 is 20.4 Å². The zero-order valence-corrected chi connectivity index (χ0v) is 13.8. The zero-order valence-electron chi connectivity index (χ0n) is 13.8. The van der Waals surface area contributed by atoms with Gasteiger partial charge in [-0.05, 0) is 18.1 Å². The van der Waals surface area contributed by atoms with Gasteiger partial charge in [-0.1, -0.05) is 24.3 Å². The van der Waals surface area contributed by atoms with Crippen LogP contribution in [0.3, 0.4) is 0 Å². The quantitative estimate of drug-likeness (QED) is 0.495. The van der Waals surface area contributed by atoms with Crippen LogP contribution in [0.15, 0.2) is 30.3 Å². The molecule has 8 nitrogen and oxygen atoms in total. The third kappa shape index (κ3) is 3.01. The normalized spacial score (nSPS) is 13.6. The van der Waals surface area contributed by atoms with Crippen molar-refractivity contribution in [3.05, 3.63) is 58.1 Å². The van der Waals surface area contributed by atoms with Gasteiger partial charge in [-0.15, -0.1) is 0 Å². The first kappa shape index (κ1) is 18.1. The summed E-state index contributed by atoms with van der Waals surface area (Å²) in [6.45, 7) is 0. The summed E-state index contributed by atoms with van der Waals surface area (Å²) in [7, 11) is 0. The highest BCUT2D eigenvalue weighted by molar-refractivity contribution is 6.29. The van der Waals surface area contributed by atoms with Gasteiger partial charge in [-0.2, -0.15) is 0 Å². The lowest BCUT2D eigenvalue weighted by atomic mass is 9.81. The number of aliphatic carboxylic acids is 2. The molecule has 0 radical (unpaired) electrons. The fraction of sp³-hybridized carbons (Fsp3) is 0.158. The Hall–Kier alpha value is -3.68. The van der Waals surface area contributed by atoms with E-state index in [9.17, 15) is 34.5 Å². The van der Waals surface area contributed by atoms with E-state index in [1.54, 1.807) is 12.1 Å². The number of phenols is 2. The molecule has 1 aliphatic rings. The molecule has 3 rings (SSSR count). The van der Waals surface area contributed by atoms with Gasteiger partial charge in [0, 0.05) is 16.7 Å². The van der Waals surface area contributed by atoms with Gasteiger partial charge in [0.15, 0.2) is 23.1 Å². The molecule has 0 heterocycles. The van der Waals surface area contributed by atoms with Crippen LogP contribution in [0.5, 0.6) is 11.5 Å². The van der Waals surface area contributed by atoms with Crippen LogP contribution in [-0.4, -0.2) is 43.9 Å². The summed E-state index contributed by atoms with van der Waals surface area (Å²) in [4.78, 5) is 47.5. The van der Waals surface area contributed by atoms with Crippen LogP contribution in [0.1, 0.15) is 43.8 Å². The fourth-order valence-corrected chi connectivity index (χ4v) is 3.16. The van der Waals surface area contributed by atoms with Crippen LogP contribution < -0.4 is 0 Å². The Balaban J connectivity index is 2.12. The van der Waals surface area contributed by atoms with Crippen molar-refractivity contribution in [2.45, 2.75) is 12.8 Å². The summed E-state index contributed by atoms with van der Waals surface area (Å²) >= 11 is 0. The molecule has 0 aromatic heterocycles. The second-order valence-corrected chi connectivity index (χ2v) is 6.20. The van der Waals surface area contributed by atoms with Crippen molar-refractivity contribution in [1.29, 1.82) is 0 Å². The van der Waals surface area contributed by atoms with Crippen LogP contribution >= 0.6 is 0 Å². The monoisotopic (exact) mass is 370 g/mol. The molecule has 0 spiro atoms. The van der Waals surface area contributed by atoms with E-state index < -0.39 is 53.8 Å². The molecule has 8 heteroatoms. The number of carbonyl (C=O) groups excluding carboxylic acids is 2. The minimum Gasteiger partial charge on any atom is -0.504 e. The molecule has 27 heavy (non-hydrogen) atoms. The molecule has 4 N–H and O–H groups in total. The van der Waals surface area contributed by atoms with Crippen LogP contribution in [-0.2, 0) is 16.0 Å². The highest BCUT2D eigenvalue weighted by Gasteiger charge is 2.35. The molecule has 2 aromatic rings. The number of benzene rings is 2. The predicted molar refractivity (Wildman–Crippen MR) is 90.2 cm³/mol.